The Morgan fingerprint density at radius 2 is 1.72 bits per heavy atom. The summed E-state index contributed by atoms with van der Waals surface area (Å²) >= 11 is 0. The maximum Gasteiger partial charge on any atom is 0.127 e. The Bertz CT molecular complexity index is 883. The zero-order valence-electron chi connectivity index (χ0n) is 14.8. The minimum atomic E-state index is 0.0494. The van der Waals surface area contributed by atoms with Crippen molar-refractivity contribution >= 4 is 22.1 Å². The third-order valence-corrected chi connectivity index (χ3v) is 4.67. The summed E-state index contributed by atoms with van der Waals surface area (Å²) in [6.45, 7) is 6.97. The number of fused-ring (bicyclic) bond motifs is 2. The van der Waals surface area contributed by atoms with Gasteiger partial charge in [0, 0.05) is 17.5 Å². The van der Waals surface area contributed by atoms with Crippen molar-refractivity contribution in [2.75, 3.05) is 29.9 Å². The van der Waals surface area contributed by atoms with Crippen LogP contribution in [0.4, 0.5) is 11.4 Å². The quantitative estimate of drug-likeness (QED) is 0.733. The summed E-state index contributed by atoms with van der Waals surface area (Å²) in [5.74, 6) is 0.959. The van der Waals surface area contributed by atoms with Gasteiger partial charge in [-0.25, -0.2) is 0 Å². The summed E-state index contributed by atoms with van der Waals surface area (Å²) in [5.41, 5.74) is 2.50. The molecule has 0 amide bonds. The van der Waals surface area contributed by atoms with Gasteiger partial charge in [0.25, 0.3) is 0 Å². The second kappa shape index (κ2) is 6.32. The van der Waals surface area contributed by atoms with E-state index >= 15 is 0 Å². The van der Waals surface area contributed by atoms with E-state index < -0.39 is 0 Å². The molecule has 0 fully saturated rings. The Hall–Kier alpha value is -2.68. The lowest BCUT2D eigenvalue weighted by Crippen LogP contribution is -2.49. The Morgan fingerprint density at radius 1 is 0.960 bits per heavy atom. The van der Waals surface area contributed by atoms with E-state index in [1.807, 2.05) is 0 Å². The number of anilines is 2. The number of rotatable bonds is 4. The van der Waals surface area contributed by atoms with Crippen molar-refractivity contribution < 1.29 is 4.74 Å². The van der Waals surface area contributed by atoms with Crippen LogP contribution in [0.5, 0.6) is 5.75 Å². The molecule has 25 heavy (non-hydrogen) atoms. The molecule has 1 heterocycles. The van der Waals surface area contributed by atoms with Crippen LogP contribution < -0.4 is 15.0 Å². The molecule has 0 aromatic heterocycles. The van der Waals surface area contributed by atoms with E-state index in [1.165, 1.54) is 22.1 Å². The predicted molar refractivity (Wildman–Crippen MR) is 106 cm³/mol. The van der Waals surface area contributed by atoms with E-state index in [0.717, 1.165) is 18.8 Å². The Morgan fingerprint density at radius 3 is 2.64 bits per heavy atom. The Labute approximate surface area is 149 Å². The molecule has 3 heteroatoms. The van der Waals surface area contributed by atoms with Crippen molar-refractivity contribution in [1.29, 1.82) is 0 Å². The smallest absolute Gasteiger partial charge is 0.127 e. The molecular weight excluding hydrogens is 308 g/mol. The number of para-hydroxylation sites is 2. The summed E-state index contributed by atoms with van der Waals surface area (Å²) < 4.78 is 6.14. The lowest BCUT2D eigenvalue weighted by Gasteiger charge is -2.42. The van der Waals surface area contributed by atoms with Crippen LogP contribution in [-0.2, 0) is 0 Å². The van der Waals surface area contributed by atoms with Crippen LogP contribution in [0.15, 0.2) is 66.7 Å². The monoisotopic (exact) mass is 332 g/mol. The predicted octanol–water partition coefficient (Wildman–Crippen LogP) is 4.93. The fourth-order valence-corrected chi connectivity index (χ4v) is 3.61. The van der Waals surface area contributed by atoms with E-state index in [1.54, 1.807) is 0 Å². The van der Waals surface area contributed by atoms with Crippen LogP contribution >= 0.6 is 0 Å². The molecule has 4 rings (SSSR count). The van der Waals surface area contributed by atoms with Crippen molar-refractivity contribution in [3.05, 3.63) is 66.7 Å². The molecule has 1 aliphatic heterocycles. The third kappa shape index (κ3) is 3.27. The second-order valence-corrected chi connectivity index (χ2v) is 7.27. The number of nitrogens with zero attached hydrogens (tertiary/aromatic N) is 1. The van der Waals surface area contributed by atoms with Crippen LogP contribution in [0, 0.1) is 0 Å². The molecule has 0 atom stereocenters. The highest BCUT2D eigenvalue weighted by Crippen LogP contribution is 2.34. The molecule has 0 radical (unpaired) electrons. The van der Waals surface area contributed by atoms with Gasteiger partial charge in [-0.3, -0.25) is 0 Å². The molecular formula is C22H24N2O. The van der Waals surface area contributed by atoms with Gasteiger partial charge in [-0.05, 0) is 37.4 Å². The number of benzene rings is 3. The van der Waals surface area contributed by atoms with Crippen molar-refractivity contribution in [2.24, 2.45) is 0 Å². The van der Waals surface area contributed by atoms with Gasteiger partial charge in [-0.1, -0.05) is 48.5 Å². The molecule has 0 saturated heterocycles. The maximum absolute atomic E-state index is 6.14. The molecule has 0 saturated carbocycles. The van der Waals surface area contributed by atoms with Crippen LogP contribution in [0.3, 0.4) is 0 Å². The van der Waals surface area contributed by atoms with Crippen LogP contribution in [0.25, 0.3) is 10.8 Å². The molecule has 3 aromatic carbocycles. The Kier molecular flexibility index (Phi) is 4.00. The lowest BCUT2D eigenvalue weighted by atomic mass is 9.99. The number of nitrogens with one attached hydrogen (secondary N) is 1. The zero-order chi connectivity index (χ0) is 17.3. The van der Waals surface area contributed by atoms with E-state index in [2.05, 4.69) is 90.8 Å². The molecule has 3 aromatic rings. The van der Waals surface area contributed by atoms with Crippen LogP contribution in [0.2, 0.25) is 0 Å². The van der Waals surface area contributed by atoms with Gasteiger partial charge in [0.1, 0.15) is 12.4 Å². The first-order valence-electron chi connectivity index (χ1n) is 8.85. The first kappa shape index (κ1) is 15.8. The van der Waals surface area contributed by atoms with Crippen molar-refractivity contribution in [3.63, 3.8) is 0 Å². The van der Waals surface area contributed by atoms with E-state index in [-0.39, 0.29) is 5.54 Å². The van der Waals surface area contributed by atoms with E-state index in [0.29, 0.717) is 6.61 Å². The minimum absolute atomic E-state index is 0.0494. The SMILES string of the molecule is CC1(C)CN(CCOc2cccc3ccccc23)c2ccccc2N1. The van der Waals surface area contributed by atoms with E-state index in [9.17, 15) is 0 Å². The second-order valence-electron chi connectivity index (χ2n) is 7.27. The van der Waals surface area contributed by atoms with Crippen molar-refractivity contribution in [2.45, 2.75) is 19.4 Å². The van der Waals surface area contributed by atoms with Gasteiger partial charge in [-0.2, -0.15) is 0 Å². The molecule has 1 aliphatic rings. The van der Waals surface area contributed by atoms with Gasteiger partial charge < -0.3 is 15.0 Å². The van der Waals surface area contributed by atoms with Gasteiger partial charge in [0.2, 0.25) is 0 Å². The molecule has 3 nitrogen and oxygen atoms in total. The average molecular weight is 332 g/mol. The number of hydrogen-bond donors (Lipinski definition) is 1. The van der Waals surface area contributed by atoms with Gasteiger partial charge in [-0.15, -0.1) is 0 Å². The van der Waals surface area contributed by atoms with Gasteiger partial charge in [0.05, 0.1) is 17.9 Å². The molecule has 0 spiro atoms. The summed E-state index contributed by atoms with van der Waals surface area (Å²) in [5, 5.41) is 6.00. The average Bonchev–Trinajstić information content (AvgIpc) is 2.61. The fraction of sp³-hybridized carbons (Fsp3) is 0.273. The number of hydrogen-bond acceptors (Lipinski definition) is 3. The Balaban J connectivity index is 1.50. The number of ether oxygens (including phenoxy) is 1. The molecule has 128 valence electrons. The highest BCUT2D eigenvalue weighted by Gasteiger charge is 2.28. The van der Waals surface area contributed by atoms with E-state index in [4.69, 9.17) is 4.74 Å². The molecule has 1 N–H and O–H groups in total. The first-order chi connectivity index (χ1) is 12.1. The largest absolute Gasteiger partial charge is 0.491 e. The van der Waals surface area contributed by atoms with Crippen LogP contribution in [-0.4, -0.2) is 25.2 Å². The van der Waals surface area contributed by atoms with Gasteiger partial charge in [0.15, 0.2) is 0 Å². The lowest BCUT2D eigenvalue weighted by molar-refractivity contribution is 0.323. The highest BCUT2D eigenvalue weighted by molar-refractivity contribution is 5.88. The third-order valence-electron chi connectivity index (χ3n) is 4.67. The summed E-state index contributed by atoms with van der Waals surface area (Å²) in [4.78, 5) is 2.41. The zero-order valence-corrected chi connectivity index (χ0v) is 14.8. The van der Waals surface area contributed by atoms with Crippen molar-refractivity contribution in [3.8, 4) is 5.75 Å². The summed E-state index contributed by atoms with van der Waals surface area (Å²) in [6.07, 6.45) is 0. The molecule has 0 unspecified atom stereocenters. The normalized spacial score (nSPS) is 15.5. The van der Waals surface area contributed by atoms with Gasteiger partial charge >= 0.3 is 0 Å². The fourth-order valence-electron chi connectivity index (χ4n) is 3.61. The summed E-state index contributed by atoms with van der Waals surface area (Å²) in [7, 11) is 0. The molecule has 0 aliphatic carbocycles. The maximum atomic E-state index is 6.14. The summed E-state index contributed by atoms with van der Waals surface area (Å²) in [6, 6.07) is 23.1. The first-order valence-corrected chi connectivity index (χ1v) is 8.85. The van der Waals surface area contributed by atoms with Crippen LogP contribution in [0.1, 0.15) is 13.8 Å². The topological polar surface area (TPSA) is 24.5 Å². The standard InChI is InChI=1S/C22H24N2O/c1-22(2)16-24(20-12-6-5-11-19(20)23-22)14-15-25-21-13-7-9-17-8-3-4-10-18(17)21/h3-13,23H,14-16H2,1-2H3. The molecule has 0 bridgehead atoms. The minimum Gasteiger partial charge on any atom is -0.491 e. The highest BCUT2D eigenvalue weighted by atomic mass is 16.5. The van der Waals surface area contributed by atoms with Crippen molar-refractivity contribution in [1.82, 2.24) is 0 Å².